The van der Waals surface area contributed by atoms with E-state index in [1.807, 2.05) is 6.92 Å². The number of hydrogen-bond acceptors (Lipinski definition) is 1. The fourth-order valence-corrected chi connectivity index (χ4v) is 2.41. The molecule has 0 aromatic heterocycles. The Kier molecular flexibility index (Phi) is 3.56. The smallest absolute Gasteiger partial charge is 0.0585 e. The molecule has 0 saturated heterocycles. The normalized spacial score (nSPS) is 26.1. The monoisotopic (exact) mass is 206 g/mol. The van der Waals surface area contributed by atoms with Crippen LogP contribution in [-0.4, -0.2) is 11.2 Å². The summed E-state index contributed by atoms with van der Waals surface area (Å²) in [7, 11) is 0. The zero-order valence-corrected chi connectivity index (χ0v) is 10.3. The Balaban J connectivity index is 3.01. The summed E-state index contributed by atoms with van der Waals surface area (Å²) >= 11 is 0. The van der Waals surface area contributed by atoms with Gasteiger partial charge < -0.3 is 5.11 Å². The van der Waals surface area contributed by atoms with E-state index in [1.54, 1.807) is 0 Å². The summed E-state index contributed by atoms with van der Waals surface area (Å²) in [5, 5.41) is 9.73. The van der Waals surface area contributed by atoms with Crippen molar-refractivity contribution < 1.29 is 5.11 Å². The van der Waals surface area contributed by atoms with Crippen LogP contribution in [-0.2, 0) is 0 Å². The predicted octanol–water partition coefficient (Wildman–Crippen LogP) is 3.62. The van der Waals surface area contributed by atoms with E-state index < -0.39 is 0 Å². The second-order valence-electron chi connectivity index (χ2n) is 5.32. The Labute approximate surface area is 93.2 Å². The molecule has 0 heterocycles. The highest BCUT2D eigenvalue weighted by molar-refractivity contribution is 5.36. The van der Waals surface area contributed by atoms with Gasteiger partial charge in [-0.15, -0.1) is 0 Å². The molecule has 1 heteroatoms. The van der Waals surface area contributed by atoms with E-state index in [9.17, 15) is 5.11 Å². The summed E-state index contributed by atoms with van der Waals surface area (Å²) in [4.78, 5) is 0. The molecule has 0 bridgehead atoms. The van der Waals surface area contributed by atoms with Crippen molar-refractivity contribution in [2.75, 3.05) is 0 Å². The Morgan fingerprint density at radius 2 is 2.13 bits per heavy atom. The lowest BCUT2D eigenvalue weighted by Gasteiger charge is -2.35. The third-order valence-corrected chi connectivity index (χ3v) is 3.01. The minimum Gasteiger partial charge on any atom is -0.393 e. The van der Waals surface area contributed by atoms with Crippen LogP contribution in [0, 0.1) is 5.41 Å². The van der Waals surface area contributed by atoms with Crippen molar-refractivity contribution in [2.45, 2.75) is 46.6 Å². The first-order valence-corrected chi connectivity index (χ1v) is 5.55. The highest BCUT2D eigenvalue weighted by Gasteiger charge is 2.31. The van der Waals surface area contributed by atoms with Crippen molar-refractivity contribution in [3.63, 3.8) is 0 Å². The van der Waals surface area contributed by atoms with Crippen molar-refractivity contribution >= 4 is 0 Å². The van der Waals surface area contributed by atoms with E-state index in [2.05, 4.69) is 39.5 Å². The van der Waals surface area contributed by atoms with Gasteiger partial charge in [0.05, 0.1) is 6.10 Å². The SMILES string of the molecule is C=C(C)/C=C/C1=C(C)CC(O)CC1(C)C. The van der Waals surface area contributed by atoms with Crippen LogP contribution in [0.1, 0.15) is 40.5 Å². The zero-order valence-electron chi connectivity index (χ0n) is 10.3. The summed E-state index contributed by atoms with van der Waals surface area (Å²) in [5.74, 6) is 0. The molecule has 0 saturated carbocycles. The summed E-state index contributed by atoms with van der Waals surface area (Å²) in [6, 6.07) is 0. The van der Waals surface area contributed by atoms with E-state index >= 15 is 0 Å². The third kappa shape index (κ3) is 3.07. The second-order valence-corrected chi connectivity index (χ2v) is 5.32. The molecular weight excluding hydrogens is 184 g/mol. The molecule has 0 aromatic rings. The van der Waals surface area contributed by atoms with Gasteiger partial charge in [-0.05, 0) is 37.7 Å². The van der Waals surface area contributed by atoms with Crippen LogP contribution >= 0.6 is 0 Å². The van der Waals surface area contributed by atoms with Crippen LogP contribution in [0.5, 0.6) is 0 Å². The van der Waals surface area contributed by atoms with Gasteiger partial charge in [-0.1, -0.05) is 43.7 Å². The van der Waals surface area contributed by atoms with Gasteiger partial charge in [0.2, 0.25) is 0 Å². The van der Waals surface area contributed by atoms with Crippen LogP contribution in [0.25, 0.3) is 0 Å². The first-order valence-electron chi connectivity index (χ1n) is 5.55. The quantitative estimate of drug-likeness (QED) is 0.684. The van der Waals surface area contributed by atoms with Gasteiger partial charge in [0, 0.05) is 0 Å². The lowest BCUT2D eigenvalue weighted by molar-refractivity contribution is 0.116. The van der Waals surface area contributed by atoms with Crippen LogP contribution < -0.4 is 0 Å². The molecule has 0 amide bonds. The maximum atomic E-state index is 9.73. The zero-order chi connectivity index (χ0) is 11.6. The highest BCUT2D eigenvalue weighted by atomic mass is 16.3. The molecule has 15 heavy (non-hydrogen) atoms. The molecule has 1 atom stereocenters. The summed E-state index contributed by atoms with van der Waals surface area (Å²) in [5.41, 5.74) is 3.80. The maximum absolute atomic E-state index is 9.73. The Morgan fingerprint density at radius 1 is 1.53 bits per heavy atom. The first kappa shape index (κ1) is 12.3. The molecule has 0 fully saturated rings. The Hall–Kier alpha value is -0.820. The molecule has 0 spiro atoms. The van der Waals surface area contributed by atoms with E-state index in [1.165, 1.54) is 11.1 Å². The molecule has 1 unspecified atom stereocenters. The molecule has 0 radical (unpaired) electrons. The van der Waals surface area contributed by atoms with Crippen LogP contribution in [0.15, 0.2) is 35.5 Å². The molecule has 0 aromatic carbocycles. The lowest BCUT2D eigenvalue weighted by Crippen LogP contribution is -2.28. The fraction of sp³-hybridized carbons (Fsp3) is 0.571. The molecule has 1 N–H and O–H groups in total. The molecule has 0 aliphatic heterocycles. The lowest BCUT2D eigenvalue weighted by atomic mass is 9.71. The molecular formula is C14H22O. The summed E-state index contributed by atoms with van der Waals surface area (Å²) < 4.78 is 0. The topological polar surface area (TPSA) is 20.2 Å². The average Bonchev–Trinajstić information content (AvgIpc) is 1.98. The standard InChI is InChI=1S/C14H22O/c1-10(2)6-7-13-11(3)8-12(15)9-14(13,4)5/h6-7,12,15H,1,8-9H2,2-5H3/b7-6+. The predicted molar refractivity (Wildman–Crippen MR) is 65.7 cm³/mol. The third-order valence-electron chi connectivity index (χ3n) is 3.01. The minimum absolute atomic E-state index is 0.0771. The van der Waals surface area contributed by atoms with Crippen LogP contribution in [0.2, 0.25) is 0 Å². The van der Waals surface area contributed by atoms with Crippen molar-refractivity contribution in [2.24, 2.45) is 5.41 Å². The number of aliphatic hydroxyl groups is 1. The van der Waals surface area contributed by atoms with Crippen molar-refractivity contribution in [1.29, 1.82) is 0 Å². The fourth-order valence-electron chi connectivity index (χ4n) is 2.41. The molecule has 84 valence electrons. The van der Waals surface area contributed by atoms with Gasteiger partial charge in [0.15, 0.2) is 0 Å². The minimum atomic E-state index is -0.179. The number of hydrogen-bond donors (Lipinski definition) is 1. The van der Waals surface area contributed by atoms with Crippen molar-refractivity contribution in [1.82, 2.24) is 0 Å². The van der Waals surface area contributed by atoms with Crippen molar-refractivity contribution in [3.8, 4) is 0 Å². The summed E-state index contributed by atoms with van der Waals surface area (Å²) in [6.45, 7) is 12.4. The maximum Gasteiger partial charge on any atom is 0.0585 e. The average molecular weight is 206 g/mol. The van der Waals surface area contributed by atoms with Gasteiger partial charge in [-0.3, -0.25) is 0 Å². The van der Waals surface area contributed by atoms with Crippen LogP contribution in [0.3, 0.4) is 0 Å². The molecule has 1 aliphatic rings. The molecule has 1 nitrogen and oxygen atoms in total. The van der Waals surface area contributed by atoms with Gasteiger partial charge in [0.1, 0.15) is 0 Å². The number of allylic oxidation sites excluding steroid dienone is 4. The van der Waals surface area contributed by atoms with E-state index in [-0.39, 0.29) is 11.5 Å². The Morgan fingerprint density at radius 3 is 2.60 bits per heavy atom. The van der Waals surface area contributed by atoms with Gasteiger partial charge in [-0.2, -0.15) is 0 Å². The molecule has 1 aliphatic carbocycles. The Bertz CT molecular complexity index is 318. The van der Waals surface area contributed by atoms with E-state index in [0.717, 1.165) is 18.4 Å². The summed E-state index contributed by atoms with van der Waals surface area (Å²) in [6.07, 6.45) is 5.68. The highest BCUT2D eigenvalue weighted by Crippen LogP contribution is 2.40. The van der Waals surface area contributed by atoms with Gasteiger partial charge >= 0.3 is 0 Å². The largest absolute Gasteiger partial charge is 0.393 e. The van der Waals surface area contributed by atoms with E-state index in [4.69, 9.17) is 0 Å². The number of aliphatic hydroxyl groups excluding tert-OH is 1. The van der Waals surface area contributed by atoms with Crippen molar-refractivity contribution in [3.05, 3.63) is 35.5 Å². The van der Waals surface area contributed by atoms with Gasteiger partial charge in [-0.25, -0.2) is 0 Å². The second kappa shape index (κ2) is 4.36. The van der Waals surface area contributed by atoms with Crippen LogP contribution in [0.4, 0.5) is 0 Å². The van der Waals surface area contributed by atoms with Gasteiger partial charge in [0.25, 0.3) is 0 Å². The first-order chi connectivity index (χ1) is 6.83. The molecule has 1 rings (SSSR count). The van der Waals surface area contributed by atoms with E-state index in [0.29, 0.717) is 0 Å². The number of rotatable bonds is 2.